The van der Waals surface area contributed by atoms with Crippen molar-refractivity contribution in [1.82, 2.24) is 9.88 Å². The van der Waals surface area contributed by atoms with Gasteiger partial charge in [-0.15, -0.1) is 11.3 Å². The van der Waals surface area contributed by atoms with Crippen LogP contribution in [0.15, 0.2) is 5.38 Å². The fourth-order valence-corrected chi connectivity index (χ4v) is 3.05. The van der Waals surface area contributed by atoms with Crippen molar-refractivity contribution in [3.05, 3.63) is 16.1 Å². The van der Waals surface area contributed by atoms with Gasteiger partial charge in [-0.2, -0.15) is 0 Å². The van der Waals surface area contributed by atoms with Gasteiger partial charge in [-0.25, -0.2) is 4.98 Å². The van der Waals surface area contributed by atoms with E-state index in [0.29, 0.717) is 17.2 Å². The summed E-state index contributed by atoms with van der Waals surface area (Å²) in [6, 6.07) is 0.100. The van der Waals surface area contributed by atoms with Crippen LogP contribution < -0.4 is 11.5 Å². The number of primary amides is 1. The second-order valence-electron chi connectivity index (χ2n) is 4.67. The molecule has 0 bridgehead atoms. The van der Waals surface area contributed by atoms with Crippen LogP contribution in [0, 0.1) is 0 Å². The van der Waals surface area contributed by atoms with E-state index in [1.165, 1.54) is 11.3 Å². The van der Waals surface area contributed by atoms with Crippen molar-refractivity contribution < 1.29 is 9.59 Å². The molecule has 1 aromatic rings. The molecule has 1 saturated carbocycles. The summed E-state index contributed by atoms with van der Waals surface area (Å²) >= 11 is 1.36. The standard InChI is InChI=1S/C12H18N4O2S/c13-5-11-15-9(7-19-11)12(18)16(6-10(14)17)8-3-1-2-4-8/h7-8H,1-6,13H2,(H2,14,17). The van der Waals surface area contributed by atoms with Crippen LogP contribution in [-0.4, -0.2) is 34.3 Å². The summed E-state index contributed by atoms with van der Waals surface area (Å²) in [6.07, 6.45) is 4.01. The molecule has 0 unspecified atom stereocenters. The second kappa shape index (κ2) is 6.12. The molecule has 1 aliphatic carbocycles. The first-order valence-corrected chi connectivity index (χ1v) is 7.23. The smallest absolute Gasteiger partial charge is 0.274 e. The lowest BCUT2D eigenvalue weighted by atomic mass is 10.2. The summed E-state index contributed by atoms with van der Waals surface area (Å²) in [7, 11) is 0. The van der Waals surface area contributed by atoms with E-state index in [1.54, 1.807) is 10.3 Å². The van der Waals surface area contributed by atoms with Crippen LogP contribution in [0.4, 0.5) is 0 Å². The highest BCUT2D eigenvalue weighted by molar-refractivity contribution is 7.09. The van der Waals surface area contributed by atoms with Crippen LogP contribution in [0.1, 0.15) is 41.2 Å². The number of hydrogen-bond donors (Lipinski definition) is 2. The van der Waals surface area contributed by atoms with E-state index >= 15 is 0 Å². The molecule has 0 atom stereocenters. The van der Waals surface area contributed by atoms with Crippen molar-refractivity contribution in [3.8, 4) is 0 Å². The van der Waals surface area contributed by atoms with E-state index in [1.807, 2.05) is 0 Å². The van der Waals surface area contributed by atoms with E-state index in [2.05, 4.69) is 4.98 Å². The third kappa shape index (κ3) is 3.30. The Morgan fingerprint density at radius 1 is 1.42 bits per heavy atom. The van der Waals surface area contributed by atoms with Gasteiger partial charge in [-0.05, 0) is 12.8 Å². The number of nitrogens with zero attached hydrogens (tertiary/aromatic N) is 2. The normalized spacial score (nSPS) is 15.6. The Bertz CT molecular complexity index is 468. The lowest BCUT2D eigenvalue weighted by Gasteiger charge is -2.27. The fourth-order valence-electron chi connectivity index (χ4n) is 2.40. The molecule has 1 aliphatic rings. The lowest BCUT2D eigenvalue weighted by molar-refractivity contribution is -0.119. The predicted molar refractivity (Wildman–Crippen MR) is 72.5 cm³/mol. The molecule has 19 heavy (non-hydrogen) atoms. The molecular formula is C12H18N4O2S. The molecular weight excluding hydrogens is 264 g/mol. The molecule has 4 N–H and O–H groups in total. The number of carbonyl (C=O) groups is 2. The molecule has 2 amide bonds. The molecule has 0 aliphatic heterocycles. The van der Waals surface area contributed by atoms with Crippen LogP contribution in [-0.2, 0) is 11.3 Å². The van der Waals surface area contributed by atoms with Gasteiger partial charge in [0.15, 0.2) is 0 Å². The van der Waals surface area contributed by atoms with Gasteiger partial charge in [0, 0.05) is 18.0 Å². The highest BCUT2D eigenvalue weighted by Crippen LogP contribution is 2.25. The van der Waals surface area contributed by atoms with Gasteiger partial charge in [-0.1, -0.05) is 12.8 Å². The monoisotopic (exact) mass is 282 g/mol. The summed E-state index contributed by atoms with van der Waals surface area (Å²) in [6.45, 7) is 0.274. The average molecular weight is 282 g/mol. The van der Waals surface area contributed by atoms with Gasteiger partial charge < -0.3 is 16.4 Å². The number of carbonyl (C=O) groups excluding carboxylic acids is 2. The molecule has 1 heterocycles. The Kier molecular flexibility index (Phi) is 4.49. The number of thiazole rings is 1. The molecule has 0 saturated heterocycles. The van der Waals surface area contributed by atoms with Crippen molar-refractivity contribution in [1.29, 1.82) is 0 Å². The summed E-state index contributed by atoms with van der Waals surface area (Å²) < 4.78 is 0. The SMILES string of the molecule is NCc1nc(C(=O)N(CC(N)=O)C2CCCC2)cs1. The maximum Gasteiger partial charge on any atom is 0.274 e. The Morgan fingerprint density at radius 2 is 2.11 bits per heavy atom. The van der Waals surface area contributed by atoms with Gasteiger partial charge in [0.2, 0.25) is 5.91 Å². The Balaban J connectivity index is 2.16. The molecule has 0 aromatic carbocycles. The van der Waals surface area contributed by atoms with Gasteiger partial charge in [0.1, 0.15) is 10.7 Å². The van der Waals surface area contributed by atoms with E-state index in [4.69, 9.17) is 11.5 Å². The first-order chi connectivity index (χ1) is 9.11. The van der Waals surface area contributed by atoms with Crippen LogP contribution in [0.2, 0.25) is 0 Å². The number of aromatic nitrogens is 1. The molecule has 6 nitrogen and oxygen atoms in total. The minimum atomic E-state index is -0.491. The van der Waals surface area contributed by atoms with E-state index in [-0.39, 0.29) is 18.5 Å². The first kappa shape index (κ1) is 14.0. The molecule has 0 radical (unpaired) electrons. The highest BCUT2D eigenvalue weighted by atomic mass is 32.1. The van der Waals surface area contributed by atoms with Gasteiger partial charge in [0.25, 0.3) is 5.91 Å². The predicted octanol–water partition coefficient (Wildman–Crippen LogP) is 0.472. The van der Waals surface area contributed by atoms with Crippen LogP contribution in [0.25, 0.3) is 0 Å². The number of hydrogen-bond acceptors (Lipinski definition) is 5. The molecule has 2 rings (SSSR count). The van der Waals surface area contributed by atoms with E-state index < -0.39 is 5.91 Å². The Morgan fingerprint density at radius 3 is 2.63 bits per heavy atom. The topological polar surface area (TPSA) is 102 Å². The largest absolute Gasteiger partial charge is 0.368 e. The maximum atomic E-state index is 12.4. The number of amides is 2. The summed E-state index contributed by atoms with van der Waals surface area (Å²) in [5, 5.41) is 2.40. The zero-order chi connectivity index (χ0) is 13.8. The van der Waals surface area contributed by atoms with Crippen LogP contribution >= 0.6 is 11.3 Å². The zero-order valence-corrected chi connectivity index (χ0v) is 11.5. The average Bonchev–Trinajstić information content (AvgIpc) is 3.05. The Labute approximate surface area is 115 Å². The van der Waals surface area contributed by atoms with Crippen LogP contribution in [0.3, 0.4) is 0 Å². The molecule has 1 aromatic heterocycles. The molecule has 1 fully saturated rings. The van der Waals surface area contributed by atoms with Crippen LogP contribution in [0.5, 0.6) is 0 Å². The minimum absolute atomic E-state index is 0.0427. The maximum absolute atomic E-state index is 12.4. The Hall–Kier alpha value is -1.47. The third-order valence-electron chi connectivity index (χ3n) is 3.30. The van der Waals surface area contributed by atoms with E-state index in [0.717, 1.165) is 25.7 Å². The molecule has 0 spiro atoms. The van der Waals surface area contributed by atoms with Crippen molar-refractivity contribution in [2.75, 3.05) is 6.54 Å². The third-order valence-corrected chi connectivity index (χ3v) is 4.17. The zero-order valence-electron chi connectivity index (χ0n) is 10.7. The highest BCUT2D eigenvalue weighted by Gasteiger charge is 2.29. The quantitative estimate of drug-likeness (QED) is 0.819. The number of rotatable bonds is 5. The number of nitrogens with two attached hydrogens (primary N) is 2. The van der Waals surface area contributed by atoms with Gasteiger partial charge in [-0.3, -0.25) is 9.59 Å². The van der Waals surface area contributed by atoms with Crippen molar-refractivity contribution in [2.45, 2.75) is 38.3 Å². The minimum Gasteiger partial charge on any atom is -0.368 e. The molecule has 7 heteroatoms. The van der Waals surface area contributed by atoms with E-state index in [9.17, 15) is 9.59 Å². The summed E-state index contributed by atoms with van der Waals surface area (Å²) in [5.41, 5.74) is 11.1. The lowest BCUT2D eigenvalue weighted by Crippen LogP contribution is -2.44. The van der Waals surface area contributed by atoms with Crippen molar-refractivity contribution >= 4 is 23.2 Å². The first-order valence-electron chi connectivity index (χ1n) is 6.35. The summed E-state index contributed by atoms with van der Waals surface area (Å²) in [5.74, 6) is -0.712. The summed E-state index contributed by atoms with van der Waals surface area (Å²) in [4.78, 5) is 29.3. The van der Waals surface area contributed by atoms with Crippen molar-refractivity contribution in [2.24, 2.45) is 11.5 Å². The van der Waals surface area contributed by atoms with Gasteiger partial charge in [0.05, 0.1) is 6.54 Å². The van der Waals surface area contributed by atoms with Crippen molar-refractivity contribution in [3.63, 3.8) is 0 Å². The van der Waals surface area contributed by atoms with Gasteiger partial charge >= 0.3 is 0 Å². The fraction of sp³-hybridized carbons (Fsp3) is 0.583. The molecule has 104 valence electrons. The second-order valence-corrected chi connectivity index (χ2v) is 5.61.